The molecule has 0 aliphatic rings. The van der Waals surface area contributed by atoms with Gasteiger partial charge < -0.3 is 24.5 Å². The molecule has 0 aliphatic carbocycles. The smallest absolute Gasteiger partial charge is 0.573 e. The minimum Gasteiger partial charge on any atom is -0.749 e. The first-order chi connectivity index (χ1) is 32.3. The van der Waals surface area contributed by atoms with Crippen LogP contribution >= 0.6 is 57.4 Å². The molecule has 1 unspecified atom stereocenters. The number of rotatable bonds is 8. The van der Waals surface area contributed by atoms with Gasteiger partial charge in [-0.15, -0.1) is 39.5 Å². The topological polar surface area (TPSA) is 209 Å². The Morgan fingerprint density at radius 2 is 1.00 bits per heavy atom. The Labute approximate surface area is 417 Å². The van der Waals surface area contributed by atoms with Gasteiger partial charge in [0.25, 0.3) is 19.1 Å². The molecule has 0 radical (unpaired) electrons. The first-order valence-electron chi connectivity index (χ1n) is 17.8. The average Bonchev–Trinajstić information content (AvgIpc) is 3.24. The number of alkyl halides is 9. The summed E-state index contributed by atoms with van der Waals surface area (Å²) in [7, 11) is -3.84. The largest absolute Gasteiger partial charge is 0.749 e. The summed E-state index contributed by atoms with van der Waals surface area (Å²) in [4.78, 5) is 6.68. The van der Waals surface area contributed by atoms with Crippen molar-refractivity contribution in [3.63, 3.8) is 0 Å². The number of fused-ring (bicyclic) bond motifs is 2. The lowest BCUT2D eigenvalue weighted by atomic mass is 10.2. The van der Waals surface area contributed by atoms with Gasteiger partial charge >= 0.3 is 19.1 Å². The molecule has 0 fully saturated rings. The number of pyridine rings is 2. The van der Waals surface area contributed by atoms with Gasteiger partial charge in [-0.2, -0.15) is 3.74 Å². The molecule has 70 heavy (non-hydrogen) atoms. The Bertz CT molecular complexity index is 3110. The molecule has 2 heterocycles. The van der Waals surface area contributed by atoms with Crippen molar-refractivity contribution >= 4 is 121 Å². The first-order valence-corrected chi connectivity index (χ1v) is 24.0. The second kappa shape index (κ2) is 25.7. The lowest BCUT2D eigenvalue weighted by Gasteiger charge is -2.15. The zero-order chi connectivity index (χ0) is 52.7. The summed E-state index contributed by atoms with van der Waals surface area (Å²) in [5.41, 5.74) is 7.98. The van der Waals surface area contributed by atoms with Gasteiger partial charge in [0.05, 0.1) is 46.7 Å². The minimum atomic E-state index is -5.05. The number of sulfonamides is 1. The van der Waals surface area contributed by atoms with Crippen LogP contribution in [-0.2, 0) is 34.2 Å². The maximum absolute atomic E-state index is 12.6. The third kappa shape index (κ3) is 21.8. The minimum absolute atomic E-state index is 0.0588. The molecule has 7 rings (SSSR count). The molecular weight excluding hydrogens is 1130 g/mol. The highest BCUT2D eigenvalue weighted by Crippen LogP contribution is 2.35. The van der Waals surface area contributed by atoms with E-state index in [1.165, 1.54) is 24.4 Å². The van der Waals surface area contributed by atoms with E-state index in [1.54, 1.807) is 30.5 Å². The van der Waals surface area contributed by atoms with E-state index >= 15 is 0 Å². The Kier molecular flexibility index (Phi) is 21.7. The van der Waals surface area contributed by atoms with Crippen LogP contribution in [0.1, 0.15) is 0 Å². The van der Waals surface area contributed by atoms with Crippen LogP contribution in [0.3, 0.4) is 0 Å². The number of benzene rings is 5. The number of nitrogens with two attached hydrogens (primary N) is 1. The van der Waals surface area contributed by atoms with Gasteiger partial charge in [0.1, 0.15) is 38.4 Å². The van der Waals surface area contributed by atoms with E-state index in [4.69, 9.17) is 60.0 Å². The Balaban J connectivity index is 0.000000253. The monoisotopic (exact) mass is 1150 g/mol. The van der Waals surface area contributed by atoms with E-state index in [0.29, 0.717) is 21.6 Å². The Morgan fingerprint density at radius 3 is 1.46 bits per heavy atom. The molecule has 5 aromatic carbocycles. The van der Waals surface area contributed by atoms with Crippen LogP contribution in [0.25, 0.3) is 21.8 Å². The predicted molar refractivity (Wildman–Crippen MR) is 242 cm³/mol. The molecule has 0 spiro atoms. The number of hydrogen-bond donors (Lipinski definition) is 2. The van der Waals surface area contributed by atoms with Crippen molar-refractivity contribution in [1.29, 1.82) is 0 Å². The normalized spacial score (nSPS) is 12.0. The Hall–Kier alpha value is -5.29. The van der Waals surface area contributed by atoms with Crippen LogP contribution in [0, 0.1) is 0 Å². The van der Waals surface area contributed by atoms with Gasteiger partial charge in [-0.05, 0) is 84.9 Å². The molecule has 31 heteroatoms. The summed E-state index contributed by atoms with van der Waals surface area (Å²) in [6.07, 6.45) is -11.8. The lowest BCUT2D eigenvalue weighted by Crippen LogP contribution is -2.21. The third-order valence-corrected chi connectivity index (χ3v) is 11.2. The number of anilines is 2. The number of hydrogen-bond acceptors (Lipinski definition) is 13. The van der Waals surface area contributed by atoms with Gasteiger partial charge in [0.15, 0.2) is 0 Å². The van der Waals surface area contributed by atoms with Crippen molar-refractivity contribution in [3.8, 4) is 17.2 Å². The van der Waals surface area contributed by atoms with Crippen molar-refractivity contribution < 1.29 is 83.1 Å². The van der Waals surface area contributed by atoms with Crippen molar-refractivity contribution in [2.24, 2.45) is 0 Å². The number of para-hydroxylation sites is 2. The van der Waals surface area contributed by atoms with E-state index in [1.807, 2.05) is 30.3 Å². The number of ether oxygens (including phenoxy) is 3. The van der Waals surface area contributed by atoms with Crippen LogP contribution in [0.5, 0.6) is 17.2 Å². The molecule has 1 atom stereocenters. The molecule has 0 bridgehead atoms. The summed E-state index contributed by atoms with van der Waals surface area (Å²) >= 11 is 18.3. The fraction of sp³-hybridized carbons (Fsp3) is 0.0769. The molecular formula is C39H25Cl5F9N4O10S3-. The van der Waals surface area contributed by atoms with E-state index in [0.717, 1.165) is 59.4 Å². The maximum Gasteiger partial charge on any atom is 0.573 e. The number of nitrogens with zero attached hydrogens (tertiary/aromatic N) is 2. The SMILES string of the molecule is FC(F)(F)Oc1ccc(Cl)cc1.Nc1cnc2ccccc2c1.O=S(=O)(Cl)c1cc(Cl)ccc1OC(F)(F)F.O=S(=O)(Nc1cnc2ccccc2c1)c1cc(Cl)ccc1OC(F)(F)F.O=S([O-])OCl. The van der Waals surface area contributed by atoms with Crippen LogP contribution in [-0.4, -0.2) is 54.7 Å². The maximum atomic E-state index is 12.6. The zero-order valence-corrected chi connectivity index (χ0v) is 40.0. The van der Waals surface area contributed by atoms with Crippen LogP contribution in [0.15, 0.2) is 144 Å². The van der Waals surface area contributed by atoms with Crippen LogP contribution in [0.4, 0.5) is 50.9 Å². The fourth-order valence-corrected chi connectivity index (χ4v) is 7.61. The van der Waals surface area contributed by atoms with Gasteiger partial charge in [-0.25, -0.2) is 21.0 Å². The molecule has 0 amide bonds. The molecule has 14 nitrogen and oxygen atoms in total. The highest BCUT2D eigenvalue weighted by molar-refractivity contribution is 8.13. The molecule has 0 aliphatic heterocycles. The fourth-order valence-electron chi connectivity index (χ4n) is 4.84. The second-order valence-corrected chi connectivity index (χ2v) is 18.9. The first kappa shape index (κ1) is 59.0. The quantitative estimate of drug-likeness (QED) is 0.0825. The van der Waals surface area contributed by atoms with Crippen LogP contribution in [0.2, 0.25) is 15.1 Å². The predicted octanol–water partition coefficient (Wildman–Crippen LogP) is 12.8. The summed E-state index contributed by atoms with van der Waals surface area (Å²) in [6, 6.07) is 28.6. The number of nitrogen functional groups attached to an aromatic ring is 1. The van der Waals surface area contributed by atoms with Crippen LogP contribution < -0.4 is 24.7 Å². The number of aromatic nitrogens is 2. The van der Waals surface area contributed by atoms with E-state index in [9.17, 15) is 56.3 Å². The molecule has 7 aromatic rings. The van der Waals surface area contributed by atoms with Crippen molar-refractivity contribution in [1.82, 2.24) is 9.97 Å². The highest BCUT2D eigenvalue weighted by atomic mass is 35.7. The summed E-state index contributed by atoms with van der Waals surface area (Å²) in [5.74, 6) is -2.08. The van der Waals surface area contributed by atoms with E-state index < -0.39 is 70.8 Å². The Morgan fingerprint density at radius 1 is 0.586 bits per heavy atom. The molecule has 3 N–H and O–H groups in total. The zero-order valence-electron chi connectivity index (χ0n) is 33.8. The van der Waals surface area contributed by atoms with Crippen molar-refractivity contribution in [2.45, 2.75) is 28.9 Å². The van der Waals surface area contributed by atoms with E-state index in [2.05, 4.69) is 44.5 Å². The molecule has 378 valence electrons. The average molecular weight is 1150 g/mol. The van der Waals surface area contributed by atoms with Crippen molar-refractivity contribution in [3.05, 3.63) is 149 Å². The number of halogens is 14. The molecule has 0 saturated heterocycles. The van der Waals surface area contributed by atoms with Crippen molar-refractivity contribution in [2.75, 3.05) is 10.5 Å². The van der Waals surface area contributed by atoms with Gasteiger partial charge in [0, 0.05) is 36.5 Å². The summed E-state index contributed by atoms with van der Waals surface area (Å²) in [5, 5.41) is 1.98. The molecule has 0 saturated carbocycles. The van der Waals surface area contributed by atoms with Gasteiger partial charge in [-0.3, -0.25) is 14.7 Å². The van der Waals surface area contributed by atoms with E-state index in [-0.39, 0.29) is 21.5 Å². The molecule has 2 aromatic heterocycles. The summed E-state index contributed by atoms with van der Waals surface area (Å²) in [6.45, 7) is 0. The summed E-state index contributed by atoms with van der Waals surface area (Å²) < 4.78 is 189. The van der Waals surface area contributed by atoms with Gasteiger partial charge in [-0.1, -0.05) is 71.2 Å². The standard InChI is InChI=1S/C16H10ClF3N2O3S.C9H8N2.C7H3Cl2F3O3S.C7H4ClF3O.ClHO3S/c17-11-5-6-14(25-16(18,19)20)15(8-11)26(23,24)22-12-7-10-3-1-2-4-13(10)21-9-12;10-8-5-7-3-1-2-4-9(7)11-6-8;8-4-1-2-5(15-7(10,11)12)6(3-4)16(9,13)14;8-5-1-3-6(4-2-5)12-7(9,10)11;1-4-5(2)3/h1-9,22H;1-6H,10H2;1-3H;1-4H;(H,2,3)/p-1. The lowest BCUT2D eigenvalue weighted by molar-refractivity contribution is -0.276. The second-order valence-electron chi connectivity index (χ2n) is 12.5. The van der Waals surface area contributed by atoms with Gasteiger partial charge in [0.2, 0.25) is 0 Å². The number of nitrogens with one attached hydrogen (secondary N) is 1. The highest BCUT2D eigenvalue weighted by Gasteiger charge is 2.35. The third-order valence-electron chi connectivity index (χ3n) is 7.37.